The standard InChI is InChI=1S/C8H5BrF4O/c9-4-1-2-6(10)5(3-4)7(14)8(11,12)13/h1-3,7,14H. The fourth-order valence-electron chi connectivity index (χ4n) is 0.900. The molecular formula is C8H5BrF4O. The summed E-state index contributed by atoms with van der Waals surface area (Å²) in [4.78, 5) is 0. The van der Waals surface area contributed by atoms with Crippen molar-refractivity contribution in [3.05, 3.63) is 34.1 Å². The van der Waals surface area contributed by atoms with Gasteiger partial charge in [0.15, 0.2) is 6.10 Å². The van der Waals surface area contributed by atoms with Gasteiger partial charge in [0.05, 0.1) is 0 Å². The van der Waals surface area contributed by atoms with E-state index in [1.807, 2.05) is 0 Å². The Kier molecular flexibility index (Phi) is 3.16. The zero-order valence-electron chi connectivity index (χ0n) is 6.65. The number of aliphatic hydroxyl groups excluding tert-OH is 1. The molecule has 14 heavy (non-hydrogen) atoms. The number of halogens is 5. The van der Waals surface area contributed by atoms with E-state index in [-0.39, 0.29) is 4.47 Å². The largest absolute Gasteiger partial charge is 0.418 e. The van der Waals surface area contributed by atoms with Crippen LogP contribution in [0.2, 0.25) is 0 Å². The third-order valence-corrected chi connectivity index (χ3v) is 2.06. The molecule has 78 valence electrons. The quantitative estimate of drug-likeness (QED) is 0.779. The van der Waals surface area contributed by atoms with Crippen LogP contribution in [0.25, 0.3) is 0 Å². The minimum Gasteiger partial charge on any atom is -0.379 e. The molecule has 1 aromatic carbocycles. The topological polar surface area (TPSA) is 20.2 Å². The summed E-state index contributed by atoms with van der Waals surface area (Å²) >= 11 is 2.89. The van der Waals surface area contributed by atoms with Gasteiger partial charge in [0.2, 0.25) is 0 Å². The van der Waals surface area contributed by atoms with E-state index in [0.29, 0.717) is 0 Å². The molecule has 1 unspecified atom stereocenters. The summed E-state index contributed by atoms with van der Waals surface area (Å²) in [5.74, 6) is -1.09. The first-order chi connectivity index (χ1) is 6.32. The van der Waals surface area contributed by atoms with E-state index in [1.54, 1.807) is 0 Å². The van der Waals surface area contributed by atoms with Gasteiger partial charge in [-0.25, -0.2) is 4.39 Å². The van der Waals surface area contributed by atoms with Crippen molar-refractivity contribution in [3.63, 3.8) is 0 Å². The molecule has 0 bridgehead atoms. The summed E-state index contributed by atoms with van der Waals surface area (Å²) in [5.41, 5.74) is -0.785. The fourth-order valence-corrected chi connectivity index (χ4v) is 1.28. The fraction of sp³-hybridized carbons (Fsp3) is 0.250. The number of benzene rings is 1. The molecule has 0 aromatic heterocycles. The van der Waals surface area contributed by atoms with E-state index in [2.05, 4.69) is 15.9 Å². The highest BCUT2D eigenvalue weighted by atomic mass is 79.9. The van der Waals surface area contributed by atoms with Gasteiger partial charge >= 0.3 is 6.18 Å². The number of aliphatic hydroxyl groups is 1. The highest BCUT2D eigenvalue weighted by Crippen LogP contribution is 2.34. The van der Waals surface area contributed by atoms with Crippen LogP contribution in [-0.2, 0) is 0 Å². The molecule has 0 aliphatic heterocycles. The zero-order valence-corrected chi connectivity index (χ0v) is 8.23. The van der Waals surface area contributed by atoms with Gasteiger partial charge in [-0.2, -0.15) is 13.2 Å². The van der Waals surface area contributed by atoms with E-state index in [0.717, 1.165) is 12.1 Å². The van der Waals surface area contributed by atoms with Crippen molar-refractivity contribution in [2.24, 2.45) is 0 Å². The van der Waals surface area contributed by atoms with E-state index in [4.69, 9.17) is 5.11 Å². The zero-order chi connectivity index (χ0) is 10.9. The van der Waals surface area contributed by atoms with Gasteiger partial charge in [0.1, 0.15) is 5.82 Å². The molecule has 0 saturated heterocycles. The molecule has 1 aromatic rings. The number of alkyl halides is 3. The molecule has 0 heterocycles. The third kappa shape index (κ3) is 2.45. The molecule has 0 spiro atoms. The maximum Gasteiger partial charge on any atom is 0.418 e. The van der Waals surface area contributed by atoms with Crippen molar-refractivity contribution in [3.8, 4) is 0 Å². The van der Waals surface area contributed by atoms with Gasteiger partial charge in [0.25, 0.3) is 0 Å². The third-order valence-electron chi connectivity index (χ3n) is 1.56. The first-order valence-corrected chi connectivity index (χ1v) is 4.31. The number of hydrogen-bond acceptors (Lipinski definition) is 1. The van der Waals surface area contributed by atoms with Crippen molar-refractivity contribution in [1.82, 2.24) is 0 Å². The van der Waals surface area contributed by atoms with Crippen LogP contribution in [0.1, 0.15) is 11.7 Å². The minimum absolute atomic E-state index is 0.275. The molecule has 0 aliphatic rings. The maximum atomic E-state index is 12.9. The van der Waals surface area contributed by atoms with Crippen molar-refractivity contribution >= 4 is 15.9 Å². The smallest absolute Gasteiger partial charge is 0.379 e. The molecule has 1 nitrogen and oxygen atoms in total. The molecule has 0 fully saturated rings. The Balaban J connectivity index is 3.12. The molecule has 0 saturated carbocycles. The van der Waals surface area contributed by atoms with Crippen molar-refractivity contribution < 1.29 is 22.7 Å². The van der Waals surface area contributed by atoms with Gasteiger partial charge < -0.3 is 5.11 Å². The summed E-state index contributed by atoms with van der Waals surface area (Å²) in [6.45, 7) is 0. The van der Waals surface area contributed by atoms with Gasteiger partial charge in [-0.1, -0.05) is 15.9 Å². The van der Waals surface area contributed by atoms with Crippen LogP contribution in [0.3, 0.4) is 0 Å². The lowest BCUT2D eigenvalue weighted by Crippen LogP contribution is -2.21. The van der Waals surface area contributed by atoms with Crippen LogP contribution in [0.15, 0.2) is 22.7 Å². The van der Waals surface area contributed by atoms with Crippen molar-refractivity contribution in [2.75, 3.05) is 0 Å². The molecule has 6 heteroatoms. The van der Waals surface area contributed by atoms with Crippen molar-refractivity contribution in [1.29, 1.82) is 0 Å². The summed E-state index contributed by atoms with van der Waals surface area (Å²) in [5, 5.41) is 8.78. The lowest BCUT2D eigenvalue weighted by atomic mass is 10.1. The predicted molar refractivity (Wildman–Crippen MR) is 45.1 cm³/mol. The predicted octanol–water partition coefficient (Wildman–Crippen LogP) is 3.18. The van der Waals surface area contributed by atoms with E-state index in [1.165, 1.54) is 6.07 Å². The number of hydrogen-bond donors (Lipinski definition) is 1. The molecular weight excluding hydrogens is 268 g/mol. The Hall–Kier alpha value is -0.620. The normalized spacial score (nSPS) is 14.1. The van der Waals surface area contributed by atoms with E-state index < -0.39 is 23.7 Å². The average molecular weight is 273 g/mol. The monoisotopic (exact) mass is 272 g/mol. The summed E-state index contributed by atoms with van der Waals surface area (Å²) < 4.78 is 49.2. The lowest BCUT2D eigenvalue weighted by Gasteiger charge is -2.15. The Bertz CT molecular complexity index is 337. The van der Waals surface area contributed by atoms with E-state index in [9.17, 15) is 17.6 Å². The average Bonchev–Trinajstić information content (AvgIpc) is 2.06. The summed E-state index contributed by atoms with van der Waals surface area (Å²) in [7, 11) is 0. The van der Waals surface area contributed by atoms with Crippen LogP contribution in [-0.4, -0.2) is 11.3 Å². The summed E-state index contributed by atoms with van der Waals surface area (Å²) in [6.07, 6.45) is -7.65. The van der Waals surface area contributed by atoms with Crippen LogP contribution >= 0.6 is 15.9 Å². The van der Waals surface area contributed by atoms with Gasteiger partial charge in [-0.15, -0.1) is 0 Å². The minimum atomic E-state index is -4.86. The first kappa shape index (κ1) is 11.5. The molecule has 1 rings (SSSR count). The highest BCUT2D eigenvalue weighted by Gasteiger charge is 2.40. The van der Waals surface area contributed by atoms with Crippen molar-refractivity contribution in [2.45, 2.75) is 12.3 Å². The molecule has 0 aliphatic carbocycles. The Morgan fingerprint density at radius 3 is 2.36 bits per heavy atom. The second kappa shape index (κ2) is 3.86. The Morgan fingerprint density at radius 1 is 1.29 bits per heavy atom. The first-order valence-electron chi connectivity index (χ1n) is 3.52. The van der Waals surface area contributed by atoms with Gasteiger partial charge in [0, 0.05) is 10.0 Å². The van der Waals surface area contributed by atoms with Gasteiger partial charge in [-0.3, -0.25) is 0 Å². The highest BCUT2D eigenvalue weighted by molar-refractivity contribution is 9.10. The second-order valence-corrected chi connectivity index (χ2v) is 3.53. The molecule has 1 N–H and O–H groups in total. The Morgan fingerprint density at radius 2 is 1.86 bits per heavy atom. The van der Waals surface area contributed by atoms with Crippen LogP contribution in [0.5, 0.6) is 0 Å². The Labute approximate surface area is 85.5 Å². The molecule has 1 atom stereocenters. The van der Waals surface area contributed by atoms with Gasteiger partial charge in [-0.05, 0) is 18.2 Å². The van der Waals surface area contributed by atoms with Crippen LogP contribution in [0.4, 0.5) is 17.6 Å². The van der Waals surface area contributed by atoms with E-state index >= 15 is 0 Å². The maximum absolute atomic E-state index is 12.9. The molecule has 0 amide bonds. The summed E-state index contributed by atoms with van der Waals surface area (Å²) in [6, 6.07) is 3.00. The number of rotatable bonds is 1. The van der Waals surface area contributed by atoms with Crippen LogP contribution < -0.4 is 0 Å². The second-order valence-electron chi connectivity index (χ2n) is 2.61. The molecule has 0 radical (unpaired) electrons. The SMILES string of the molecule is OC(c1cc(Br)ccc1F)C(F)(F)F. The lowest BCUT2D eigenvalue weighted by molar-refractivity contribution is -0.207. The van der Waals surface area contributed by atoms with Crippen LogP contribution in [0, 0.1) is 5.82 Å².